The maximum Gasteiger partial charge on any atom is 0.123 e. The number of rotatable bonds is 7. The van der Waals surface area contributed by atoms with Gasteiger partial charge in [-0.2, -0.15) is 0 Å². The van der Waals surface area contributed by atoms with Crippen LogP contribution in [0.3, 0.4) is 0 Å². The maximum absolute atomic E-state index is 9.25. The predicted octanol–water partition coefficient (Wildman–Crippen LogP) is 0.671. The molecule has 17 heavy (non-hydrogen) atoms. The van der Waals surface area contributed by atoms with Crippen LogP contribution in [0.1, 0.15) is 18.4 Å². The van der Waals surface area contributed by atoms with Gasteiger partial charge in [-0.25, -0.2) is 0 Å². The van der Waals surface area contributed by atoms with Crippen LogP contribution in [0.4, 0.5) is 0 Å². The van der Waals surface area contributed by atoms with Gasteiger partial charge in [0.05, 0.1) is 6.61 Å². The van der Waals surface area contributed by atoms with Crippen LogP contribution in [0.2, 0.25) is 0 Å². The molecule has 4 nitrogen and oxygen atoms in total. The fourth-order valence-corrected chi connectivity index (χ4v) is 1.57. The second-order valence-electron chi connectivity index (χ2n) is 4.41. The summed E-state index contributed by atoms with van der Waals surface area (Å²) in [5.74, 6) is 0.771. The summed E-state index contributed by atoms with van der Waals surface area (Å²) in [6.45, 7) is 0.634. The summed E-state index contributed by atoms with van der Waals surface area (Å²) in [5, 5.41) is 21.4. The molecule has 0 heterocycles. The van der Waals surface area contributed by atoms with E-state index in [1.807, 2.05) is 24.3 Å². The summed E-state index contributed by atoms with van der Waals surface area (Å²) < 4.78 is 5.49. The number of para-hydroxylation sites is 1. The van der Waals surface area contributed by atoms with E-state index in [1.54, 1.807) is 0 Å². The fraction of sp³-hybridized carbons (Fsp3) is 0.538. The van der Waals surface area contributed by atoms with Crippen molar-refractivity contribution in [2.24, 2.45) is 0 Å². The lowest BCUT2D eigenvalue weighted by atomic mass is 10.2. The number of hydrogen-bond acceptors (Lipinski definition) is 4. The first-order valence-corrected chi connectivity index (χ1v) is 6.02. The Morgan fingerprint density at radius 2 is 2.12 bits per heavy atom. The third kappa shape index (κ3) is 4.00. The molecule has 1 atom stereocenters. The first kappa shape index (κ1) is 12.4. The molecular weight excluding hydrogens is 218 g/mol. The zero-order valence-electron chi connectivity index (χ0n) is 9.80. The summed E-state index contributed by atoms with van der Waals surface area (Å²) in [6.07, 6.45) is 1.69. The van der Waals surface area contributed by atoms with Gasteiger partial charge in [-0.15, -0.1) is 0 Å². The second kappa shape index (κ2) is 6.00. The van der Waals surface area contributed by atoms with Gasteiger partial charge < -0.3 is 20.3 Å². The third-order valence-corrected chi connectivity index (χ3v) is 2.77. The van der Waals surface area contributed by atoms with Crippen LogP contribution in [0.15, 0.2) is 24.3 Å². The van der Waals surface area contributed by atoms with E-state index < -0.39 is 6.10 Å². The van der Waals surface area contributed by atoms with Crippen LogP contribution in [-0.4, -0.2) is 35.6 Å². The van der Waals surface area contributed by atoms with Gasteiger partial charge in [0.25, 0.3) is 0 Å². The molecule has 0 aliphatic heterocycles. The van der Waals surface area contributed by atoms with Gasteiger partial charge >= 0.3 is 0 Å². The average molecular weight is 237 g/mol. The summed E-state index contributed by atoms with van der Waals surface area (Å²) in [5.41, 5.74) is 1.09. The molecular formula is C13H19NO3. The number of hydrogen-bond donors (Lipinski definition) is 3. The van der Waals surface area contributed by atoms with Gasteiger partial charge in [0, 0.05) is 18.2 Å². The minimum Gasteiger partial charge on any atom is -0.490 e. The minimum atomic E-state index is -0.820. The Hall–Kier alpha value is -1.10. The Morgan fingerprint density at radius 1 is 1.35 bits per heavy atom. The molecule has 4 heteroatoms. The Kier molecular flexibility index (Phi) is 4.36. The number of aliphatic hydroxyl groups excluding tert-OH is 2. The van der Waals surface area contributed by atoms with Gasteiger partial charge in [0.2, 0.25) is 0 Å². The summed E-state index contributed by atoms with van der Waals surface area (Å²) in [6, 6.07) is 8.43. The first-order valence-electron chi connectivity index (χ1n) is 6.02. The minimum absolute atomic E-state index is 0.122. The molecule has 1 aliphatic rings. The quantitative estimate of drug-likeness (QED) is 0.652. The van der Waals surface area contributed by atoms with Crippen LogP contribution in [0.5, 0.6) is 5.75 Å². The van der Waals surface area contributed by atoms with Crippen LogP contribution < -0.4 is 10.1 Å². The second-order valence-corrected chi connectivity index (χ2v) is 4.41. The Labute approximate surface area is 101 Å². The Morgan fingerprint density at radius 3 is 2.82 bits per heavy atom. The highest BCUT2D eigenvalue weighted by Gasteiger charge is 2.20. The summed E-state index contributed by atoms with van der Waals surface area (Å²) >= 11 is 0. The van der Waals surface area contributed by atoms with Gasteiger partial charge in [-0.3, -0.25) is 0 Å². The van der Waals surface area contributed by atoms with Crippen LogP contribution >= 0.6 is 0 Å². The van der Waals surface area contributed by atoms with Crippen molar-refractivity contribution in [2.45, 2.75) is 31.5 Å². The van der Waals surface area contributed by atoms with Crippen molar-refractivity contribution < 1.29 is 14.9 Å². The van der Waals surface area contributed by atoms with Crippen molar-refractivity contribution in [2.75, 3.05) is 13.2 Å². The first-order chi connectivity index (χ1) is 8.29. The zero-order valence-corrected chi connectivity index (χ0v) is 9.80. The lowest BCUT2D eigenvalue weighted by Gasteiger charge is -2.13. The average Bonchev–Trinajstić information content (AvgIpc) is 3.18. The molecule has 0 radical (unpaired) electrons. The van der Waals surface area contributed by atoms with Crippen molar-refractivity contribution in [3.05, 3.63) is 29.8 Å². The highest BCUT2D eigenvalue weighted by molar-refractivity contribution is 5.33. The molecule has 0 amide bonds. The molecule has 0 aromatic heterocycles. The SMILES string of the molecule is OCC(O)COc1ccccc1CNC1CC1. The molecule has 0 saturated heterocycles. The van der Waals surface area contributed by atoms with Crippen molar-refractivity contribution in [3.8, 4) is 5.75 Å². The van der Waals surface area contributed by atoms with Gasteiger partial charge in [0.15, 0.2) is 0 Å². The standard InChI is InChI=1S/C13H19NO3/c15-8-12(16)9-17-13-4-2-1-3-10(13)7-14-11-5-6-11/h1-4,11-12,14-16H,5-9H2. The number of nitrogens with one attached hydrogen (secondary N) is 1. The van der Waals surface area contributed by atoms with Crippen LogP contribution in [0, 0.1) is 0 Å². The smallest absolute Gasteiger partial charge is 0.123 e. The topological polar surface area (TPSA) is 61.7 Å². The van der Waals surface area contributed by atoms with E-state index >= 15 is 0 Å². The molecule has 1 unspecified atom stereocenters. The number of benzene rings is 1. The van der Waals surface area contributed by atoms with Crippen LogP contribution in [-0.2, 0) is 6.54 Å². The van der Waals surface area contributed by atoms with Crippen molar-refractivity contribution in [1.29, 1.82) is 0 Å². The fourth-order valence-electron chi connectivity index (χ4n) is 1.57. The molecule has 1 aromatic carbocycles. The van der Waals surface area contributed by atoms with Crippen molar-refractivity contribution in [3.63, 3.8) is 0 Å². The lowest BCUT2D eigenvalue weighted by Crippen LogP contribution is -2.22. The molecule has 1 aromatic rings. The molecule has 1 aliphatic carbocycles. The molecule has 94 valence electrons. The van der Waals surface area contributed by atoms with E-state index in [0.717, 1.165) is 17.9 Å². The highest BCUT2D eigenvalue weighted by atomic mass is 16.5. The van der Waals surface area contributed by atoms with E-state index in [9.17, 15) is 5.11 Å². The normalized spacial score (nSPS) is 16.8. The largest absolute Gasteiger partial charge is 0.490 e. The molecule has 1 fully saturated rings. The van der Waals surface area contributed by atoms with E-state index in [4.69, 9.17) is 9.84 Å². The highest BCUT2D eigenvalue weighted by Crippen LogP contribution is 2.22. The van der Waals surface area contributed by atoms with Crippen molar-refractivity contribution in [1.82, 2.24) is 5.32 Å². The number of aliphatic hydroxyl groups is 2. The van der Waals surface area contributed by atoms with Crippen LogP contribution in [0.25, 0.3) is 0 Å². The zero-order chi connectivity index (χ0) is 12.1. The van der Waals surface area contributed by atoms with Crippen molar-refractivity contribution >= 4 is 0 Å². The third-order valence-electron chi connectivity index (χ3n) is 2.77. The van der Waals surface area contributed by atoms with Gasteiger partial charge in [-0.05, 0) is 18.9 Å². The maximum atomic E-state index is 9.25. The van der Waals surface area contributed by atoms with E-state index in [-0.39, 0.29) is 13.2 Å². The molecule has 2 rings (SSSR count). The lowest BCUT2D eigenvalue weighted by molar-refractivity contribution is 0.0532. The van der Waals surface area contributed by atoms with E-state index in [1.165, 1.54) is 12.8 Å². The van der Waals surface area contributed by atoms with Gasteiger partial charge in [0.1, 0.15) is 18.5 Å². The Balaban J connectivity index is 1.89. The van der Waals surface area contributed by atoms with E-state index in [2.05, 4.69) is 5.32 Å². The molecule has 0 bridgehead atoms. The van der Waals surface area contributed by atoms with E-state index in [0.29, 0.717) is 6.04 Å². The Bertz CT molecular complexity index is 352. The molecule has 1 saturated carbocycles. The predicted molar refractivity (Wildman–Crippen MR) is 64.9 cm³/mol. The molecule has 0 spiro atoms. The van der Waals surface area contributed by atoms with Gasteiger partial charge in [-0.1, -0.05) is 18.2 Å². The number of ether oxygens (including phenoxy) is 1. The summed E-state index contributed by atoms with van der Waals surface area (Å²) in [4.78, 5) is 0. The summed E-state index contributed by atoms with van der Waals surface area (Å²) in [7, 11) is 0. The monoisotopic (exact) mass is 237 g/mol. The molecule has 3 N–H and O–H groups in total.